The van der Waals surface area contributed by atoms with E-state index in [2.05, 4.69) is 6.58 Å². The van der Waals surface area contributed by atoms with Gasteiger partial charge in [-0.1, -0.05) is 36.4 Å². The van der Waals surface area contributed by atoms with E-state index in [1.807, 2.05) is 25.1 Å². The lowest BCUT2D eigenvalue weighted by Gasteiger charge is -2.08. The van der Waals surface area contributed by atoms with E-state index in [0.717, 1.165) is 16.7 Å². The zero-order chi connectivity index (χ0) is 12.4. The third kappa shape index (κ3) is 2.40. The van der Waals surface area contributed by atoms with Gasteiger partial charge in [-0.05, 0) is 47.9 Å². The Morgan fingerprint density at radius 2 is 1.94 bits per heavy atom. The van der Waals surface area contributed by atoms with Gasteiger partial charge >= 0.3 is 0 Å². The Balaban J connectivity index is 2.60. The molecule has 0 nitrogen and oxygen atoms in total. The summed E-state index contributed by atoms with van der Waals surface area (Å²) in [5, 5.41) is 0.547. The molecule has 0 heterocycles. The Kier molecular flexibility index (Phi) is 3.30. The van der Waals surface area contributed by atoms with Crippen LogP contribution in [0.15, 0.2) is 43.0 Å². The van der Waals surface area contributed by atoms with Gasteiger partial charge in [0.25, 0.3) is 0 Å². The van der Waals surface area contributed by atoms with E-state index in [-0.39, 0.29) is 5.82 Å². The van der Waals surface area contributed by atoms with Gasteiger partial charge in [-0.2, -0.15) is 0 Å². The first kappa shape index (κ1) is 11.9. The maximum Gasteiger partial charge on any atom is 0.123 e. The third-order valence-electron chi connectivity index (χ3n) is 2.74. The summed E-state index contributed by atoms with van der Waals surface area (Å²) in [6.07, 6.45) is 1.78. The van der Waals surface area contributed by atoms with Gasteiger partial charge in [0.2, 0.25) is 0 Å². The molecule has 0 spiro atoms. The molecule has 0 N–H and O–H groups in total. The van der Waals surface area contributed by atoms with Crippen molar-refractivity contribution in [2.45, 2.75) is 6.92 Å². The van der Waals surface area contributed by atoms with Crippen LogP contribution in [0.5, 0.6) is 0 Å². The molecular formula is C15H12ClF. The highest BCUT2D eigenvalue weighted by Gasteiger charge is 2.06. The zero-order valence-corrected chi connectivity index (χ0v) is 10.3. The monoisotopic (exact) mass is 246 g/mol. The number of benzene rings is 2. The fraction of sp³-hybridized carbons (Fsp3) is 0.0667. The van der Waals surface area contributed by atoms with Crippen LogP contribution in [0.3, 0.4) is 0 Å². The van der Waals surface area contributed by atoms with E-state index >= 15 is 0 Å². The van der Waals surface area contributed by atoms with E-state index in [1.54, 1.807) is 12.1 Å². The molecule has 0 unspecified atom stereocenters. The molecule has 86 valence electrons. The first-order valence-corrected chi connectivity index (χ1v) is 5.68. The maximum absolute atomic E-state index is 13.2. The number of hydrogen-bond acceptors (Lipinski definition) is 0. The van der Waals surface area contributed by atoms with Gasteiger partial charge in [0, 0.05) is 10.6 Å². The third-order valence-corrected chi connectivity index (χ3v) is 3.07. The molecule has 2 aromatic carbocycles. The van der Waals surface area contributed by atoms with Crippen molar-refractivity contribution >= 4 is 17.7 Å². The topological polar surface area (TPSA) is 0 Å². The van der Waals surface area contributed by atoms with Crippen LogP contribution in [0.2, 0.25) is 5.02 Å². The van der Waals surface area contributed by atoms with Gasteiger partial charge in [-0.15, -0.1) is 0 Å². The van der Waals surface area contributed by atoms with Crippen molar-refractivity contribution in [1.29, 1.82) is 0 Å². The summed E-state index contributed by atoms with van der Waals surface area (Å²) in [4.78, 5) is 0. The highest BCUT2D eigenvalue weighted by atomic mass is 35.5. The molecule has 2 rings (SSSR count). The van der Waals surface area contributed by atoms with Gasteiger partial charge in [-0.25, -0.2) is 4.39 Å². The summed E-state index contributed by atoms with van der Waals surface area (Å²) < 4.78 is 13.2. The Bertz CT molecular complexity index is 573. The Labute approximate surface area is 105 Å². The lowest BCUT2D eigenvalue weighted by atomic mass is 9.99. The quantitative estimate of drug-likeness (QED) is 0.692. The minimum atomic E-state index is -0.287. The lowest BCUT2D eigenvalue weighted by molar-refractivity contribution is 0.628. The molecule has 0 atom stereocenters. The molecule has 0 bridgehead atoms. The van der Waals surface area contributed by atoms with Gasteiger partial charge < -0.3 is 0 Å². The molecule has 2 aromatic rings. The van der Waals surface area contributed by atoms with E-state index in [1.165, 1.54) is 12.1 Å². The standard InChI is InChI=1S/C15H12ClF/c1-3-11-8-12(5-4-10(11)2)14-9-13(17)6-7-15(14)16/h3-9H,1H2,2H3. The van der Waals surface area contributed by atoms with Crippen molar-refractivity contribution in [3.8, 4) is 11.1 Å². The van der Waals surface area contributed by atoms with Gasteiger partial charge in [-0.3, -0.25) is 0 Å². The summed E-state index contributed by atoms with van der Waals surface area (Å²) in [7, 11) is 0. The zero-order valence-electron chi connectivity index (χ0n) is 9.50. The normalized spacial score (nSPS) is 10.3. The predicted octanol–water partition coefficient (Wildman–Crippen LogP) is 5.10. The summed E-state index contributed by atoms with van der Waals surface area (Å²) in [6, 6.07) is 10.2. The first-order chi connectivity index (χ1) is 8.11. The molecule has 17 heavy (non-hydrogen) atoms. The van der Waals surface area contributed by atoms with Crippen molar-refractivity contribution in [1.82, 2.24) is 0 Å². The summed E-state index contributed by atoms with van der Waals surface area (Å²) >= 11 is 6.07. The average Bonchev–Trinajstić information content (AvgIpc) is 2.33. The van der Waals surface area contributed by atoms with E-state index in [4.69, 9.17) is 11.6 Å². The van der Waals surface area contributed by atoms with Gasteiger partial charge in [0.05, 0.1) is 0 Å². The van der Waals surface area contributed by atoms with Crippen LogP contribution >= 0.6 is 11.6 Å². The Morgan fingerprint density at radius 1 is 1.18 bits per heavy atom. The molecule has 0 saturated heterocycles. The van der Waals surface area contributed by atoms with Crippen molar-refractivity contribution in [2.75, 3.05) is 0 Å². The maximum atomic E-state index is 13.2. The SMILES string of the molecule is C=Cc1cc(-c2cc(F)ccc2Cl)ccc1C. The van der Waals surface area contributed by atoms with Crippen molar-refractivity contribution in [3.63, 3.8) is 0 Å². The van der Waals surface area contributed by atoms with Crippen LogP contribution < -0.4 is 0 Å². The first-order valence-electron chi connectivity index (χ1n) is 5.30. The Morgan fingerprint density at radius 3 is 2.65 bits per heavy atom. The fourth-order valence-electron chi connectivity index (χ4n) is 1.75. The summed E-state index contributed by atoms with van der Waals surface area (Å²) in [5.41, 5.74) is 3.77. The summed E-state index contributed by atoms with van der Waals surface area (Å²) in [5.74, 6) is -0.287. The van der Waals surface area contributed by atoms with E-state index < -0.39 is 0 Å². The fourth-order valence-corrected chi connectivity index (χ4v) is 1.97. The van der Waals surface area contributed by atoms with Crippen LogP contribution in [-0.2, 0) is 0 Å². The molecular weight excluding hydrogens is 235 g/mol. The second kappa shape index (κ2) is 4.72. The molecule has 0 aliphatic heterocycles. The number of rotatable bonds is 2. The predicted molar refractivity (Wildman–Crippen MR) is 71.7 cm³/mol. The number of halogens is 2. The molecule has 0 radical (unpaired) electrons. The molecule has 0 amide bonds. The smallest absolute Gasteiger partial charge is 0.123 e. The van der Waals surface area contributed by atoms with Crippen LogP contribution in [0.1, 0.15) is 11.1 Å². The second-order valence-electron chi connectivity index (χ2n) is 3.90. The van der Waals surface area contributed by atoms with Gasteiger partial charge in [0.15, 0.2) is 0 Å². The molecule has 0 aromatic heterocycles. The van der Waals surface area contributed by atoms with Crippen molar-refractivity contribution < 1.29 is 4.39 Å². The molecule has 0 saturated carbocycles. The molecule has 2 heteroatoms. The molecule has 0 fully saturated rings. The highest BCUT2D eigenvalue weighted by Crippen LogP contribution is 2.30. The lowest BCUT2D eigenvalue weighted by Crippen LogP contribution is -1.86. The minimum absolute atomic E-state index is 0.287. The molecule has 0 aliphatic rings. The Hall–Kier alpha value is -1.60. The van der Waals surface area contributed by atoms with E-state index in [0.29, 0.717) is 10.6 Å². The van der Waals surface area contributed by atoms with Crippen LogP contribution in [0.4, 0.5) is 4.39 Å². The van der Waals surface area contributed by atoms with Crippen LogP contribution in [0, 0.1) is 12.7 Å². The summed E-state index contributed by atoms with van der Waals surface area (Å²) in [6.45, 7) is 5.77. The van der Waals surface area contributed by atoms with E-state index in [9.17, 15) is 4.39 Å². The van der Waals surface area contributed by atoms with Crippen LogP contribution in [-0.4, -0.2) is 0 Å². The average molecular weight is 247 g/mol. The number of aryl methyl sites for hydroxylation is 1. The number of hydrogen-bond donors (Lipinski definition) is 0. The highest BCUT2D eigenvalue weighted by molar-refractivity contribution is 6.33. The van der Waals surface area contributed by atoms with Crippen LogP contribution in [0.25, 0.3) is 17.2 Å². The second-order valence-corrected chi connectivity index (χ2v) is 4.31. The van der Waals surface area contributed by atoms with Gasteiger partial charge in [0.1, 0.15) is 5.82 Å². The van der Waals surface area contributed by atoms with Crippen molar-refractivity contribution in [2.24, 2.45) is 0 Å². The minimum Gasteiger partial charge on any atom is -0.207 e. The molecule has 0 aliphatic carbocycles. The largest absolute Gasteiger partial charge is 0.207 e. The van der Waals surface area contributed by atoms with Crippen molar-refractivity contribution in [3.05, 3.63) is 64.9 Å².